The van der Waals surface area contributed by atoms with Crippen molar-refractivity contribution >= 4 is 16.9 Å². The summed E-state index contributed by atoms with van der Waals surface area (Å²) in [5, 5.41) is 3.03. The van der Waals surface area contributed by atoms with Gasteiger partial charge in [-0.3, -0.25) is 4.79 Å². The van der Waals surface area contributed by atoms with E-state index in [-0.39, 0.29) is 5.91 Å². The van der Waals surface area contributed by atoms with Gasteiger partial charge in [0.25, 0.3) is 5.91 Å². The van der Waals surface area contributed by atoms with Crippen molar-refractivity contribution in [3.8, 4) is 5.75 Å². The summed E-state index contributed by atoms with van der Waals surface area (Å²) in [6, 6.07) is 22.0. The highest BCUT2D eigenvalue weighted by Gasteiger charge is 2.12. The number of aryl methyl sites for hydroxylation is 3. The highest BCUT2D eigenvalue weighted by molar-refractivity contribution is 5.95. The van der Waals surface area contributed by atoms with Crippen molar-refractivity contribution in [3.63, 3.8) is 0 Å². The van der Waals surface area contributed by atoms with Gasteiger partial charge in [0.15, 0.2) is 0 Å². The summed E-state index contributed by atoms with van der Waals surface area (Å²) in [6.45, 7) is 7.86. The number of nitrogens with one attached hydrogen (secondary N) is 1. The van der Waals surface area contributed by atoms with Gasteiger partial charge in [-0.15, -0.1) is 0 Å². The number of aromatic nitrogens is 2. The van der Waals surface area contributed by atoms with Crippen molar-refractivity contribution in [2.45, 2.75) is 33.7 Å². The van der Waals surface area contributed by atoms with Crippen LogP contribution in [0.1, 0.15) is 32.9 Å². The van der Waals surface area contributed by atoms with E-state index in [4.69, 9.17) is 9.72 Å². The number of fused-ring (bicyclic) bond motifs is 1. The van der Waals surface area contributed by atoms with Crippen LogP contribution < -0.4 is 10.1 Å². The number of imidazole rings is 1. The summed E-state index contributed by atoms with van der Waals surface area (Å²) in [6.07, 6.45) is 0.649. The molecule has 0 atom stereocenters. The monoisotopic (exact) mass is 427 g/mol. The van der Waals surface area contributed by atoms with Crippen LogP contribution in [-0.2, 0) is 13.0 Å². The molecule has 0 bridgehead atoms. The third-order valence-electron chi connectivity index (χ3n) is 5.54. The number of carbonyl (C=O) groups excluding carboxylic acids is 1. The van der Waals surface area contributed by atoms with E-state index in [1.54, 1.807) is 0 Å². The quantitative estimate of drug-likeness (QED) is 0.430. The number of rotatable bonds is 8. The SMILES string of the molecule is Cc1cc(C)cc(OCCn2c(CCNC(=O)c3ccccc3C)nc3ccccc32)c1. The molecule has 4 aromatic rings. The molecule has 0 spiro atoms. The minimum absolute atomic E-state index is 0.0519. The van der Waals surface area contributed by atoms with Gasteiger partial charge in [0.2, 0.25) is 0 Å². The molecule has 1 aromatic heterocycles. The largest absolute Gasteiger partial charge is 0.492 e. The van der Waals surface area contributed by atoms with Crippen LogP contribution in [0, 0.1) is 20.8 Å². The van der Waals surface area contributed by atoms with Gasteiger partial charge in [0.1, 0.15) is 18.2 Å². The fourth-order valence-electron chi connectivity index (χ4n) is 4.05. The Morgan fingerprint density at radius 3 is 2.47 bits per heavy atom. The Morgan fingerprint density at radius 2 is 1.69 bits per heavy atom. The van der Waals surface area contributed by atoms with E-state index in [9.17, 15) is 4.79 Å². The van der Waals surface area contributed by atoms with E-state index in [1.807, 2.05) is 49.4 Å². The van der Waals surface area contributed by atoms with Crippen LogP contribution in [0.5, 0.6) is 5.75 Å². The van der Waals surface area contributed by atoms with Crippen molar-refractivity contribution < 1.29 is 9.53 Å². The van der Waals surface area contributed by atoms with Crippen molar-refractivity contribution in [2.24, 2.45) is 0 Å². The molecule has 5 heteroatoms. The Hall–Kier alpha value is -3.60. The Labute approximate surface area is 189 Å². The molecule has 0 fully saturated rings. The van der Waals surface area contributed by atoms with E-state index in [0.29, 0.717) is 31.7 Å². The van der Waals surface area contributed by atoms with Gasteiger partial charge in [-0.1, -0.05) is 36.4 Å². The fourth-order valence-corrected chi connectivity index (χ4v) is 4.05. The van der Waals surface area contributed by atoms with Crippen LogP contribution >= 0.6 is 0 Å². The molecule has 164 valence electrons. The average Bonchev–Trinajstić information content (AvgIpc) is 3.11. The maximum absolute atomic E-state index is 12.5. The molecule has 32 heavy (non-hydrogen) atoms. The van der Waals surface area contributed by atoms with Crippen LogP contribution in [0.15, 0.2) is 66.7 Å². The first-order valence-corrected chi connectivity index (χ1v) is 11.0. The van der Waals surface area contributed by atoms with E-state index in [1.165, 1.54) is 11.1 Å². The van der Waals surface area contributed by atoms with Gasteiger partial charge in [-0.05, 0) is 67.8 Å². The summed E-state index contributed by atoms with van der Waals surface area (Å²) in [5.41, 5.74) is 6.11. The van der Waals surface area contributed by atoms with Gasteiger partial charge in [-0.25, -0.2) is 4.98 Å². The molecule has 5 nitrogen and oxygen atoms in total. The zero-order chi connectivity index (χ0) is 22.5. The van der Waals surface area contributed by atoms with Crippen molar-refractivity contribution in [1.29, 1.82) is 0 Å². The van der Waals surface area contributed by atoms with E-state index >= 15 is 0 Å². The number of hydrogen-bond acceptors (Lipinski definition) is 3. The minimum Gasteiger partial charge on any atom is -0.492 e. The smallest absolute Gasteiger partial charge is 0.251 e. The molecule has 0 radical (unpaired) electrons. The lowest BCUT2D eigenvalue weighted by atomic mass is 10.1. The van der Waals surface area contributed by atoms with Crippen LogP contribution in [0.4, 0.5) is 0 Å². The van der Waals surface area contributed by atoms with Crippen LogP contribution in [-0.4, -0.2) is 28.6 Å². The van der Waals surface area contributed by atoms with Crippen LogP contribution in [0.3, 0.4) is 0 Å². The average molecular weight is 428 g/mol. The Morgan fingerprint density at radius 1 is 0.969 bits per heavy atom. The number of nitrogens with zero attached hydrogens (tertiary/aromatic N) is 2. The number of ether oxygens (including phenoxy) is 1. The summed E-state index contributed by atoms with van der Waals surface area (Å²) >= 11 is 0. The normalized spacial score (nSPS) is 11.0. The van der Waals surface area contributed by atoms with Gasteiger partial charge >= 0.3 is 0 Å². The second-order valence-corrected chi connectivity index (χ2v) is 8.16. The molecule has 4 rings (SSSR count). The standard InChI is InChI=1S/C27H29N3O2/c1-19-16-20(2)18-22(17-19)32-15-14-30-25-11-7-6-10-24(25)29-26(30)12-13-28-27(31)23-9-5-4-8-21(23)3/h4-11,16-18H,12-15H2,1-3H3,(H,28,31). The molecular formula is C27H29N3O2. The molecule has 0 saturated carbocycles. The number of carbonyl (C=O) groups is 1. The Balaban J connectivity index is 1.44. The third-order valence-corrected chi connectivity index (χ3v) is 5.54. The third kappa shape index (κ3) is 4.99. The number of hydrogen-bond donors (Lipinski definition) is 1. The first-order chi connectivity index (χ1) is 15.5. The summed E-state index contributed by atoms with van der Waals surface area (Å²) in [7, 11) is 0. The summed E-state index contributed by atoms with van der Waals surface area (Å²) in [4.78, 5) is 17.3. The molecule has 3 aromatic carbocycles. The molecule has 0 aliphatic carbocycles. The fraction of sp³-hybridized carbons (Fsp3) is 0.259. The highest BCUT2D eigenvalue weighted by Crippen LogP contribution is 2.19. The van der Waals surface area contributed by atoms with E-state index in [2.05, 4.69) is 48.0 Å². The highest BCUT2D eigenvalue weighted by atomic mass is 16.5. The second-order valence-electron chi connectivity index (χ2n) is 8.16. The Kier molecular flexibility index (Phi) is 6.55. The summed E-state index contributed by atoms with van der Waals surface area (Å²) < 4.78 is 8.23. The second kappa shape index (κ2) is 9.69. The number of para-hydroxylation sites is 2. The molecular weight excluding hydrogens is 398 g/mol. The zero-order valence-electron chi connectivity index (χ0n) is 18.9. The van der Waals surface area contributed by atoms with Crippen LogP contribution in [0.25, 0.3) is 11.0 Å². The lowest BCUT2D eigenvalue weighted by Crippen LogP contribution is -2.27. The summed E-state index contributed by atoms with van der Waals surface area (Å²) in [5.74, 6) is 1.78. The van der Waals surface area contributed by atoms with E-state index < -0.39 is 0 Å². The van der Waals surface area contributed by atoms with E-state index in [0.717, 1.165) is 28.2 Å². The molecule has 1 heterocycles. The predicted molar refractivity (Wildman–Crippen MR) is 128 cm³/mol. The first-order valence-electron chi connectivity index (χ1n) is 11.0. The van der Waals surface area contributed by atoms with Crippen molar-refractivity contribution in [1.82, 2.24) is 14.9 Å². The maximum atomic E-state index is 12.5. The minimum atomic E-state index is -0.0519. The molecule has 0 aliphatic rings. The zero-order valence-corrected chi connectivity index (χ0v) is 18.9. The molecule has 0 aliphatic heterocycles. The van der Waals surface area contributed by atoms with Crippen molar-refractivity contribution in [2.75, 3.05) is 13.2 Å². The van der Waals surface area contributed by atoms with Gasteiger partial charge in [-0.2, -0.15) is 0 Å². The number of benzene rings is 3. The molecule has 1 N–H and O–H groups in total. The van der Waals surface area contributed by atoms with Crippen molar-refractivity contribution in [3.05, 3.63) is 94.8 Å². The lowest BCUT2D eigenvalue weighted by molar-refractivity contribution is 0.0953. The van der Waals surface area contributed by atoms with Gasteiger partial charge in [0.05, 0.1) is 17.6 Å². The molecule has 1 amide bonds. The molecule has 0 unspecified atom stereocenters. The molecule has 0 saturated heterocycles. The predicted octanol–water partition coefficient (Wildman–Crippen LogP) is 5.01. The lowest BCUT2D eigenvalue weighted by Gasteiger charge is -2.12. The van der Waals surface area contributed by atoms with Gasteiger partial charge in [0, 0.05) is 18.5 Å². The first kappa shape index (κ1) is 21.6. The topological polar surface area (TPSA) is 56.1 Å². The maximum Gasteiger partial charge on any atom is 0.251 e. The Bertz CT molecular complexity index is 1220. The van der Waals surface area contributed by atoms with Crippen LogP contribution in [0.2, 0.25) is 0 Å². The number of amides is 1. The van der Waals surface area contributed by atoms with Gasteiger partial charge < -0.3 is 14.6 Å².